The normalized spacial score (nSPS) is 11.8. The fourth-order valence-electron chi connectivity index (χ4n) is 1.52. The Morgan fingerprint density at radius 1 is 1.33 bits per heavy atom. The first kappa shape index (κ1) is 13.1. The zero-order chi connectivity index (χ0) is 13.3. The number of benzene rings is 1. The average molecular weight is 320 g/mol. The first-order chi connectivity index (χ1) is 8.41. The molecule has 2 rings (SSSR count). The zero-order valence-electron chi connectivity index (χ0n) is 9.35. The number of aromatic amines is 1. The summed E-state index contributed by atoms with van der Waals surface area (Å²) in [5.74, 6) is 0.618. The van der Waals surface area contributed by atoms with Crippen molar-refractivity contribution in [2.45, 2.75) is 19.5 Å². The lowest BCUT2D eigenvalue weighted by atomic mass is 10.1. The molecule has 18 heavy (non-hydrogen) atoms. The molecule has 0 radical (unpaired) electrons. The molecular weight excluding hydrogens is 311 g/mol. The summed E-state index contributed by atoms with van der Waals surface area (Å²) in [6.07, 6.45) is -3.85. The highest BCUT2D eigenvalue weighted by atomic mass is 79.9. The van der Waals surface area contributed by atoms with Crippen LogP contribution in [0.15, 0.2) is 22.7 Å². The maximum atomic E-state index is 12.9. The minimum absolute atomic E-state index is 0.0262. The molecule has 0 aliphatic carbocycles. The van der Waals surface area contributed by atoms with E-state index in [2.05, 4.69) is 31.1 Å². The zero-order valence-corrected chi connectivity index (χ0v) is 10.9. The molecular formula is C11H9BrF3N3. The number of aromatic nitrogens is 3. The van der Waals surface area contributed by atoms with Crippen LogP contribution in [0.2, 0.25) is 0 Å². The minimum atomic E-state index is -4.44. The Labute approximate surface area is 110 Å². The summed E-state index contributed by atoms with van der Waals surface area (Å²) in [6, 6.07) is 3.92. The van der Waals surface area contributed by atoms with Gasteiger partial charge in [0, 0.05) is 16.5 Å². The number of hydrogen-bond acceptors (Lipinski definition) is 2. The molecule has 0 amide bonds. The SMILES string of the molecule is CCc1nc(-c2ccc(Br)cc2C(F)(F)F)n[nH]1. The van der Waals surface area contributed by atoms with Crippen LogP contribution >= 0.6 is 15.9 Å². The number of nitrogens with zero attached hydrogens (tertiary/aromatic N) is 2. The number of nitrogens with one attached hydrogen (secondary N) is 1. The maximum absolute atomic E-state index is 12.9. The highest BCUT2D eigenvalue weighted by Gasteiger charge is 2.34. The molecule has 0 fully saturated rings. The summed E-state index contributed by atoms with van der Waals surface area (Å²) in [7, 11) is 0. The van der Waals surface area contributed by atoms with Crippen molar-refractivity contribution in [3.63, 3.8) is 0 Å². The molecule has 0 aliphatic heterocycles. The topological polar surface area (TPSA) is 41.6 Å². The molecule has 0 aliphatic rings. The minimum Gasteiger partial charge on any atom is -0.263 e. The van der Waals surface area contributed by atoms with Crippen LogP contribution in [-0.4, -0.2) is 15.2 Å². The number of hydrogen-bond donors (Lipinski definition) is 1. The van der Waals surface area contributed by atoms with Gasteiger partial charge in [-0.1, -0.05) is 22.9 Å². The molecule has 1 aromatic carbocycles. The molecule has 7 heteroatoms. The molecule has 0 saturated carbocycles. The molecule has 3 nitrogen and oxygen atoms in total. The van der Waals surface area contributed by atoms with Crippen LogP contribution in [0, 0.1) is 0 Å². The Kier molecular flexibility index (Phi) is 3.43. The van der Waals surface area contributed by atoms with Crippen LogP contribution in [-0.2, 0) is 12.6 Å². The summed E-state index contributed by atoms with van der Waals surface area (Å²) in [6.45, 7) is 1.84. The third-order valence-corrected chi connectivity index (χ3v) is 2.89. The second-order valence-corrected chi connectivity index (χ2v) is 4.56. The summed E-state index contributed by atoms with van der Waals surface area (Å²) < 4.78 is 39.1. The van der Waals surface area contributed by atoms with E-state index in [1.807, 2.05) is 6.92 Å². The van der Waals surface area contributed by atoms with E-state index < -0.39 is 11.7 Å². The molecule has 1 heterocycles. The molecule has 0 bridgehead atoms. The number of aryl methyl sites for hydroxylation is 1. The number of halogens is 4. The number of H-pyrrole nitrogens is 1. The first-order valence-electron chi connectivity index (χ1n) is 5.20. The lowest BCUT2D eigenvalue weighted by molar-refractivity contribution is -0.137. The quantitative estimate of drug-likeness (QED) is 0.914. The third kappa shape index (κ3) is 2.55. The van der Waals surface area contributed by atoms with Gasteiger partial charge in [0.15, 0.2) is 5.82 Å². The van der Waals surface area contributed by atoms with E-state index in [-0.39, 0.29) is 11.4 Å². The number of rotatable bonds is 2. The van der Waals surface area contributed by atoms with Crippen LogP contribution in [0.25, 0.3) is 11.4 Å². The van der Waals surface area contributed by atoms with Gasteiger partial charge in [0.1, 0.15) is 5.82 Å². The predicted molar refractivity (Wildman–Crippen MR) is 63.9 cm³/mol. The molecule has 1 aromatic heterocycles. The molecule has 0 unspecified atom stereocenters. The van der Waals surface area contributed by atoms with Crippen LogP contribution in [0.3, 0.4) is 0 Å². The molecule has 96 valence electrons. The smallest absolute Gasteiger partial charge is 0.263 e. The van der Waals surface area contributed by atoms with Gasteiger partial charge in [0.25, 0.3) is 0 Å². The lowest BCUT2D eigenvalue weighted by Gasteiger charge is -2.10. The third-order valence-electron chi connectivity index (χ3n) is 2.39. The van der Waals surface area contributed by atoms with Crippen LogP contribution in [0.4, 0.5) is 13.2 Å². The Bertz CT molecular complexity index is 563. The monoisotopic (exact) mass is 319 g/mol. The summed E-state index contributed by atoms with van der Waals surface area (Å²) in [5.41, 5.74) is -0.778. The summed E-state index contributed by atoms with van der Waals surface area (Å²) >= 11 is 3.03. The van der Waals surface area contributed by atoms with Gasteiger partial charge in [-0.25, -0.2) is 4.98 Å². The summed E-state index contributed by atoms with van der Waals surface area (Å²) in [4.78, 5) is 4.02. The van der Waals surface area contributed by atoms with Crippen molar-refractivity contribution < 1.29 is 13.2 Å². The second-order valence-electron chi connectivity index (χ2n) is 3.65. The van der Waals surface area contributed by atoms with E-state index in [0.29, 0.717) is 16.7 Å². The number of alkyl halides is 3. The van der Waals surface area contributed by atoms with Crippen molar-refractivity contribution in [2.75, 3.05) is 0 Å². The molecule has 0 atom stereocenters. The van der Waals surface area contributed by atoms with Gasteiger partial charge < -0.3 is 0 Å². The van der Waals surface area contributed by atoms with Crippen molar-refractivity contribution in [1.29, 1.82) is 0 Å². The molecule has 0 spiro atoms. The van der Waals surface area contributed by atoms with Gasteiger partial charge >= 0.3 is 6.18 Å². The predicted octanol–water partition coefficient (Wildman–Crippen LogP) is 3.82. The fraction of sp³-hybridized carbons (Fsp3) is 0.273. The van der Waals surface area contributed by atoms with Gasteiger partial charge in [-0.05, 0) is 18.2 Å². The van der Waals surface area contributed by atoms with Gasteiger partial charge in [0.2, 0.25) is 0 Å². The second kappa shape index (κ2) is 4.72. The first-order valence-corrected chi connectivity index (χ1v) is 5.99. The highest BCUT2D eigenvalue weighted by Crippen LogP contribution is 2.37. The van der Waals surface area contributed by atoms with Crippen molar-refractivity contribution >= 4 is 15.9 Å². The van der Waals surface area contributed by atoms with Gasteiger partial charge in [-0.3, -0.25) is 5.10 Å². The Morgan fingerprint density at radius 2 is 2.06 bits per heavy atom. The van der Waals surface area contributed by atoms with Gasteiger partial charge in [-0.15, -0.1) is 0 Å². The Hall–Kier alpha value is -1.37. The summed E-state index contributed by atoms with van der Waals surface area (Å²) in [5, 5.41) is 6.42. The van der Waals surface area contributed by atoms with Crippen molar-refractivity contribution in [1.82, 2.24) is 15.2 Å². The van der Waals surface area contributed by atoms with E-state index in [4.69, 9.17) is 0 Å². The van der Waals surface area contributed by atoms with Crippen LogP contribution in [0.1, 0.15) is 18.3 Å². The molecule has 2 aromatic rings. The van der Waals surface area contributed by atoms with E-state index in [0.717, 1.165) is 6.07 Å². The van der Waals surface area contributed by atoms with Crippen molar-refractivity contribution in [3.05, 3.63) is 34.1 Å². The van der Waals surface area contributed by atoms with Crippen molar-refractivity contribution in [3.8, 4) is 11.4 Å². The Balaban J connectivity index is 2.56. The maximum Gasteiger partial charge on any atom is 0.417 e. The van der Waals surface area contributed by atoms with E-state index in [1.54, 1.807) is 0 Å². The molecule has 0 saturated heterocycles. The molecule has 1 N–H and O–H groups in total. The van der Waals surface area contributed by atoms with Gasteiger partial charge in [0.05, 0.1) is 5.56 Å². The average Bonchev–Trinajstić information content (AvgIpc) is 2.76. The van der Waals surface area contributed by atoms with Crippen molar-refractivity contribution in [2.24, 2.45) is 0 Å². The van der Waals surface area contributed by atoms with Gasteiger partial charge in [-0.2, -0.15) is 18.3 Å². The Morgan fingerprint density at radius 3 is 2.61 bits per heavy atom. The largest absolute Gasteiger partial charge is 0.417 e. The fourth-order valence-corrected chi connectivity index (χ4v) is 1.88. The standard InChI is InChI=1S/C11H9BrF3N3/c1-2-9-16-10(18-17-9)7-4-3-6(12)5-8(7)11(13,14)15/h3-5H,2H2,1H3,(H,16,17,18). The lowest BCUT2D eigenvalue weighted by Crippen LogP contribution is -2.07. The van der Waals surface area contributed by atoms with E-state index >= 15 is 0 Å². The van der Waals surface area contributed by atoms with E-state index in [1.165, 1.54) is 12.1 Å². The van der Waals surface area contributed by atoms with E-state index in [9.17, 15) is 13.2 Å². The highest BCUT2D eigenvalue weighted by molar-refractivity contribution is 9.10. The van der Waals surface area contributed by atoms with Crippen LogP contribution < -0.4 is 0 Å². The van der Waals surface area contributed by atoms with Crippen LogP contribution in [0.5, 0.6) is 0 Å².